The molecule has 1 amide bonds. The maximum absolute atomic E-state index is 12.1. The minimum Gasteiger partial charge on any atom is -0.480 e. The molecule has 0 saturated carbocycles. The van der Waals surface area contributed by atoms with Gasteiger partial charge in [0.05, 0.1) is 0 Å². The van der Waals surface area contributed by atoms with Crippen LogP contribution in [0.25, 0.3) is 11.1 Å². The smallest absolute Gasteiger partial charge is 0.407 e. The second-order valence-corrected chi connectivity index (χ2v) is 6.65. The van der Waals surface area contributed by atoms with Gasteiger partial charge in [0.1, 0.15) is 12.6 Å². The Bertz CT molecular complexity index is 782. The van der Waals surface area contributed by atoms with Gasteiger partial charge in [0.15, 0.2) is 0 Å². The van der Waals surface area contributed by atoms with E-state index in [4.69, 9.17) is 10.5 Å². The molecule has 0 saturated heterocycles. The van der Waals surface area contributed by atoms with Crippen molar-refractivity contribution < 1.29 is 19.4 Å². The first-order valence-corrected chi connectivity index (χ1v) is 9.16. The molecular weight excluding hydrogens is 380 g/mol. The van der Waals surface area contributed by atoms with Crippen LogP contribution in [0.3, 0.4) is 0 Å². The van der Waals surface area contributed by atoms with Crippen LogP contribution in [0.2, 0.25) is 0 Å². The van der Waals surface area contributed by atoms with Crippen molar-refractivity contribution in [2.45, 2.75) is 31.2 Å². The van der Waals surface area contributed by atoms with Gasteiger partial charge in [0.25, 0.3) is 0 Å². The van der Waals surface area contributed by atoms with Crippen molar-refractivity contribution in [1.29, 1.82) is 0 Å². The molecule has 150 valence electrons. The molecule has 1 aliphatic carbocycles. The summed E-state index contributed by atoms with van der Waals surface area (Å²) in [5.41, 5.74) is 9.95. The summed E-state index contributed by atoms with van der Waals surface area (Å²) in [7, 11) is 0. The molecule has 0 aliphatic heterocycles. The lowest BCUT2D eigenvalue weighted by Crippen LogP contribution is -2.41. The Kier molecular flexibility index (Phi) is 7.84. The molecule has 0 radical (unpaired) electrons. The van der Waals surface area contributed by atoms with Crippen LogP contribution in [0.15, 0.2) is 48.5 Å². The molecular formula is C21H25ClN2O4. The number of carbonyl (C=O) groups is 2. The minimum atomic E-state index is -1.07. The largest absolute Gasteiger partial charge is 0.480 e. The van der Waals surface area contributed by atoms with Crippen LogP contribution in [0.4, 0.5) is 4.79 Å². The maximum Gasteiger partial charge on any atom is 0.407 e. The number of ether oxygens (including phenoxy) is 1. The number of nitrogens with one attached hydrogen (secondary N) is 1. The van der Waals surface area contributed by atoms with Crippen molar-refractivity contribution in [2.75, 3.05) is 13.2 Å². The summed E-state index contributed by atoms with van der Waals surface area (Å²) in [5, 5.41) is 11.7. The van der Waals surface area contributed by atoms with Crippen LogP contribution in [0, 0.1) is 0 Å². The monoisotopic (exact) mass is 404 g/mol. The molecule has 1 aliphatic rings. The Hall–Kier alpha value is -2.57. The number of carboxylic acids is 1. The van der Waals surface area contributed by atoms with Crippen LogP contribution >= 0.6 is 12.4 Å². The highest BCUT2D eigenvalue weighted by atomic mass is 35.5. The highest BCUT2D eigenvalue weighted by Gasteiger charge is 2.29. The Morgan fingerprint density at radius 2 is 1.61 bits per heavy atom. The van der Waals surface area contributed by atoms with Crippen LogP contribution in [-0.4, -0.2) is 36.4 Å². The zero-order valence-corrected chi connectivity index (χ0v) is 16.3. The number of alkyl carbamates (subject to hydrolysis) is 1. The van der Waals surface area contributed by atoms with Gasteiger partial charge < -0.3 is 20.9 Å². The molecule has 0 bridgehead atoms. The molecule has 0 fully saturated rings. The van der Waals surface area contributed by atoms with Gasteiger partial charge >= 0.3 is 12.1 Å². The predicted octanol–water partition coefficient (Wildman–Crippen LogP) is 3.53. The van der Waals surface area contributed by atoms with E-state index in [0.717, 1.165) is 28.7 Å². The lowest BCUT2D eigenvalue weighted by atomic mass is 9.98. The van der Waals surface area contributed by atoms with Crippen LogP contribution < -0.4 is 11.1 Å². The summed E-state index contributed by atoms with van der Waals surface area (Å²) in [6.45, 7) is 0.659. The number of carboxylic acid groups (broad SMARTS) is 1. The van der Waals surface area contributed by atoms with E-state index in [0.29, 0.717) is 19.4 Å². The van der Waals surface area contributed by atoms with Crippen molar-refractivity contribution in [3.05, 3.63) is 59.7 Å². The van der Waals surface area contributed by atoms with Crippen LogP contribution in [0.5, 0.6) is 0 Å². The average molecular weight is 405 g/mol. The molecule has 3 rings (SSSR count). The van der Waals surface area contributed by atoms with E-state index >= 15 is 0 Å². The van der Waals surface area contributed by atoms with E-state index in [1.165, 1.54) is 0 Å². The number of benzene rings is 2. The van der Waals surface area contributed by atoms with E-state index in [1.807, 2.05) is 36.4 Å². The molecule has 1 atom stereocenters. The van der Waals surface area contributed by atoms with E-state index in [2.05, 4.69) is 17.4 Å². The fraction of sp³-hybridized carbons (Fsp3) is 0.333. The quantitative estimate of drug-likeness (QED) is 0.584. The normalized spacial score (nSPS) is 13.0. The molecule has 2 aromatic rings. The number of hydrogen-bond acceptors (Lipinski definition) is 4. The molecule has 6 nitrogen and oxygen atoms in total. The number of carbonyl (C=O) groups excluding carboxylic acids is 1. The van der Waals surface area contributed by atoms with Gasteiger partial charge in [-0.2, -0.15) is 0 Å². The second-order valence-electron chi connectivity index (χ2n) is 6.65. The van der Waals surface area contributed by atoms with E-state index in [-0.39, 0.29) is 24.9 Å². The lowest BCUT2D eigenvalue weighted by Gasteiger charge is -2.17. The number of unbranched alkanes of at least 4 members (excludes halogenated alkanes) is 1. The summed E-state index contributed by atoms with van der Waals surface area (Å²) >= 11 is 0. The van der Waals surface area contributed by atoms with E-state index < -0.39 is 18.1 Å². The van der Waals surface area contributed by atoms with Crippen molar-refractivity contribution in [3.63, 3.8) is 0 Å². The van der Waals surface area contributed by atoms with Crippen LogP contribution in [-0.2, 0) is 9.53 Å². The summed E-state index contributed by atoms with van der Waals surface area (Å²) in [6.07, 6.45) is 0.973. The molecule has 0 aromatic heterocycles. The van der Waals surface area contributed by atoms with Crippen molar-refractivity contribution in [2.24, 2.45) is 5.73 Å². The van der Waals surface area contributed by atoms with Gasteiger partial charge in [-0.15, -0.1) is 12.4 Å². The first kappa shape index (κ1) is 21.7. The highest BCUT2D eigenvalue weighted by molar-refractivity contribution is 5.85. The standard InChI is InChI=1S/C21H24N2O4.ClH/c22-12-6-5-11-19(20(24)25)23-21(26)27-13-18-16-9-3-1-7-14(16)15-8-2-4-10-17(15)18;/h1-4,7-10,18-19H,5-6,11-13,22H2,(H,23,26)(H,24,25);1H. The summed E-state index contributed by atoms with van der Waals surface area (Å²) in [4.78, 5) is 23.5. The molecule has 28 heavy (non-hydrogen) atoms. The van der Waals surface area contributed by atoms with Gasteiger partial charge in [0, 0.05) is 5.92 Å². The predicted molar refractivity (Wildman–Crippen MR) is 110 cm³/mol. The molecule has 2 aromatic carbocycles. The molecule has 7 heteroatoms. The third kappa shape index (κ3) is 4.82. The Morgan fingerprint density at radius 1 is 1.04 bits per heavy atom. The number of fused-ring (bicyclic) bond motifs is 3. The Morgan fingerprint density at radius 3 is 2.14 bits per heavy atom. The fourth-order valence-corrected chi connectivity index (χ4v) is 3.53. The Balaban J connectivity index is 0.00000280. The number of halogens is 1. The third-order valence-corrected chi connectivity index (χ3v) is 4.88. The number of nitrogens with two attached hydrogens (primary N) is 1. The first-order valence-electron chi connectivity index (χ1n) is 9.16. The second kappa shape index (κ2) is 10.1. The van der Waals surface area contributed by atoms with Gasteiger partial charge in [0.2, 0.25) is 0 Å². The van der Waals surface area contributed by atoms with Crippen molar-refractivity contribution >= 4 is 24.5 Å². The van der Waals surface area contributed by atoms with Crippen LogP contribution in [0.1, 0.15) is 36.3 Å². The first-order chi connectivity index (χ1) is 13.1. The molecule has 0 heterocycles. The molecule has 0 spiro atoms. The SMILES string of the molecule is Cl.NCCCCC(NC(=O)OCC1c2ccccc2-c2ccccc21)C(=O)O. The van der Waals surface area contributed by atoms with Gasteiger partial charge in [-0.3, -0.25) is 0 Å². The minimum absolute atomic E-state index is 0. The number of hydrogen-bond donors (Lipinski definition) is 3. The molecule has 1 unspecified atom stereocenters. The highest BCUT2D eigenvalue weighted by Crippen LogP contribution is 2.44. The van der Waals surface area contributed by atoms with E-state index in [9.17, 15) is 14.7 Å². The lowest BCUT2D eigenvalue weighted by molar-refractivity contribution is -0.139. The number of rotatable bonds is 8. The van der Waals surface area contributed by atoms with Gasteiger partial charge in [-0.1, -0.05) is 48.5 Å². The number of amides is 1. The summed E-state index contributed by atoms with van der Waals surface area (Å²) < 4.78 is 5.39. The Labute approximate surface area is 170 Å². The third-order valence-electron chi connectivity index (χ3n) is 4.88. The maximum atomic E-state index is 12.1. The zero-order valence-electron chi connectivity index (χ0n) is 15.5. The topological polar surface area (TPSA) is 102 Å². The van der Waals surface area contributed by atoms with Gasteiger partial charge in [-0.25, -0.2) is 9.59 Å². The zero-order chi connectivity index (χ0) is 19.2. The summed E-state index contributed by atoms with van der Waals surface area (Å²) in [6, 6.07) is 15.1. The fourth-order valence-electron chi connectivity index (χ4n) is 3.53. The number of aliphatic carboxylic acids is 1. The van der Waals surface area contributed by atoms with Crippen molar-refractivity contribution in [3.8, 4) is 11.1 Å². The van der Waals surface area contributed by atoms with Crippen molar-refractivity contribution in [1.82, 2.24) is 5.32 Å². The van der Waals surface area contributed by atoms with E-state index in [1.54, 1.807) is 0 Å². The van der Waals surface area contributed by atoms with Gasteiger partial charge in [-0.05, 0) is 48.1 Å². The molecule has 4 N–H and O–H groups in total. The average Bonchev–Trinajstić information content (AvgIpc) is 2.99. The summed E-state index contributed by atoms with van der Waals surface area (Å²) in [5.74, 6) is -1.12.